The molecule has 2 rings (SSSR count). The number of hydrogen-bond acceptors (Lipinski definition) is 1. The third kappa shape index (κ3) is 2.07. The highest BCUT2D eigenvalue weighted by molar-refractivity contribution is 5.76. The highest BCUT2D eigenvalue weighted by atomic mass is 16.1. The Kier molecular flexibility index (Phi) is 3.48. The Morgan fingerprint density at radius 1 is 1.33 bits per heavy atom. The summed E-state index contributed by atoms with van der Waals surface area (Å²) in [5, 5.41) is 3.31. The summed E-state index contributed by atoms with van der Waals surface area (Å²) < 4.78 is 0. The Labute approximate surface area is 111 Å². The lowest BCUT2D eigenvalue weighted by atomic mass is 9.69. The fourth-order valence-corrected chi connectivity index (χ4v) is 4.05. The van der Waals surface area contributed by atoms with Crippen molar-refractivity contribution in [1.29, 1.82) is 0 Å². The molecule has 0 aromatic rings. The number of nitrogens with one attached hydrogen (secondary N) is 2. The van der Waals surface area contributed by atoms with Gasteiger partial charge in [0.25, 0.3) is 0 Å². The van der Waals surface area contributed by atoms with Gasteiger partial charge < -0.3 is 10.2 Å². The van der Waals surface area contributed by atoms with E-state index < -0.39 is 0 Å². The van der Waals surface area contributed by atoms with E-state index in [1.54, 1.807) is 0 Å². The molecule has 18 heavy (non-hydrogen) atoms. The van der Waals surface area contributed by atoms with Gasteiger partial charge in [0.15, 0.2) is 0 Å². The SMILES string of the molecule is C[NH+](C)CCC(=O)N[C@@H]1C[C@H]2CC[C@]1(C)C2(C)C. The minimum Gasteiger partial charge on any atom is -0.353 e. The van der Waals surface area contributed by atoms with Gasteiger partial charge in [-0.3, -0.25) is 4.79 Å². The number of amides is 1. The molecule has 0 radical (unpaired) electrons. The van der Waals surface area contributed by atoms with Crippen molar-refractivity contribution in [3.8, 4) is 0 Å². The second-order valence-electron chi connectivity index (χ2n) is 7.44. The van der Waals surface area contributed by atoms with Gasteiger partial charge in [0.1, 0.15) is 0 Å². The van der Waals surface area contributed by atoms with E-state index in [0.29, 0.717) is 23.3 Å². The normalized spacial score (nSPS) is 37.2. The van der Waals surface area contributed by atoms with Crippen molar-refractivity contribution < 1.29 is 9.69 Å². The number of carbonyl (C=O) groups excluding carboxylic acids is 1. The molecule has 3 atom stereocenters. The monoisotopic (exact) mass is 253 g/mol. The molecule has 2 aliphatic carbocycles. The minimum absolute atomic E-state index is 0.241. The minimum atomic E-state index is 0.241. The molecule has 3 heteroatoms. The molecule has 0 aromatic carbocycles. The van der Waals surface area contributed by atoms with Crippen LogP contribution in [0.2, 0.25) is 0 Å². The standard InChI is InChI=1S/C15H28N2O/c1-14(2)11-6-8-15(14,3)12(10-11)16-13(18)7-9-17(4)5/h11-12H,6-10H2,1-5H3,(H,16,18)/p+1/t11-,12-,15+/m1/s1. The Hall–Kier alpha value is -0.570. The van der Waals surface area contributed by atoms with Crippen LogP contribution in [-0.4, -0.2) is 32.6 Å². The lowest BCUT2D eigenvalue weighted by Crippen LogP contribution is -3.05. The van der Waals surface area contributed by atoms with Crippen molar-refractivity contribution in [2.45, 2.75) is 52.5 Å². The fraction of sp³-hybridized carbons (Fsp3) is 0.933. The topological polar surface area (TPSA) is 33.5 Å². The first-order valence-corrected chi connectivity index (χ1v) is 7.36. The van der Waals surface area contributed by atoms with E-state index in [4.69, 9.17) is 0 Å². The molecule has 2 N–H and O–H groups in total. The van der Waals surface area contributed by atoms with Crippen LogP contribution in [-0.2, 0) is 4.79 Å². The van der Waals surface area contributed by atoms with Gasteiger partial charge in [-0.05, 0) is 36.0 Å². The maximum absolute atomic E-state index is 12.0. The first kappa shape index (κ1) is 13.9. The van der Waals surface area contributed by atoms with Crippen molar-refractivity contribution in [1.82, 2.24) is 5.32 Å². The van der Waals surface area contributed by atoms with Crippen LogP contribution in [0.25, 0.3) is 0 Å². The average molecular weight is 253 g/mol. The summed E-state index contributed by atoms with van der Waals surface area (Å²) in [5.41, 5.74) is 0.691. The molecule has 2 saturated carbocycles. The fourth-order valence-electron chi connectivity index (χ4n) is 4.05. The zero-order chi connectivity index (χ0) is 13.6. The Morgan fingerprint density at radius 3 is 2.44 bits per heavy atom. The second-order valence-corrected chi connectivity index (χ2v) is 7.44. The highest BCUT2D eigenvalue weighted by Crippen LogP contribution is 2.65. The molecule has 2 bridgehead atoms. The molecule has 2 aliphatic rings. The predicted molar refractivity (Wildman–Crippen MR) is 73.5 cm³/mol. The van der Waals surface area contributed by atoms with Gasteiger partial charge in [-0.1, -0.05) is 20.8 Å². The van der Waals surface area contributed by atoms with Gasteiger partial charge in [0.2, 0.25) is 5.91 Å². The maximum atomic E-state index is 12.0. The smallest absolute Gasteiger partial charge is 0.225 e. The maximum Gasteiger partial charge on any atom is 0.225 e. The third-order valence-electron chi connectivity index (χ3n) is 5.98. The molecular formula is C15H29N2O+. The molecule has 104 valence electrons. The molecule has 0 heterocycles. The van der Waals surface area contributed by atoms with E-state index in [9.17, 15) is 4.79 Å². The second kappa shape index (κ2) is 4.52. The summed E-state index contributed by atoms with van der Waals surface area (Å²) in [7, 11) is 4.18. The summed E-state index contributed by atoms with van der Waals surface area (Å²) in [6, 6.07) is 0.399. The number of hydrogen-bond donors (Lipinski definition) is 2. The quantitative estimate of drug-likeness (QED) is 0.765. The van der Waals surface area contributed by atoms with Gasteiger partial charge in [-0.15, -0.1) is 0 Å². The van der Waals surface area contributed by atoms with E-state index in [1.165, 1.54) is 24.2 Å². The summed E-state index contributed by atoms with van der Waals surface area (Å²) in [6.45, 7) is 8.08. The number of fused-ring (bicyclic) bond motifs is 2. The summed E-state index contributed by atoms with van der Waals surface area (Å²) >= 11 is 0. The van der Waals surface area contributed by atoms with Gasteiger partial charge in [-0.25, -0.2) is 0 Å². The predicted octanol–water partition coefficient (Wildman–Crippen LogP) is 0.852. The lowest BCUT2D eigenvalue weighted by Gasteiger charge is -2.39. The van der Waals surface area contributed by atoms with Crippen molar-refractivity contribution in [3.05, 3.63) is 0 Å². The van der Waals surface area contributed by atoms with E-state index in [-0.39, 0.29) is 5.91 Å². The number of quaternary nitrogens is 1. The molecule has 3 nitrogen and oxygen atoms in total. The first-order chi connectivity index (χ1) is 8.27. The zero-order valence-corrected chi connectivity index (χ0v) is 12.6. The van der Waals surface area contributed by atoms with Crippen LogP contribution in [0, 0.1) is 16.7 Å². The van der Waals surface area contributed by atoms with Crippen molar-refractivity contribution in [2.24, 2.45) is 16.7 Å². The molecular weight excluding hydrogens is 224 g/mol. The van der Waals surface area contributed by atoms with E-state index in [1.807, 2.05) is 0 Å². The van der Waals surface area contributed by atoms with Gasteiger partial charge in [0, 0.05) is 6.04 Å². The van der Waals surface area contributed by atoms with Crippen LogP contribution in [0.1, 0.15) is 46.5 Å². The van der Waals surface area contributed by atoms with Crippen LogP contribution >= 0.6 is 0 Å². The van der Waals surface area contributed by atoms with E-state index in [0.717, 1.165) is 12.5 Å². The zero-order valence-electron chi connectivity index (χ0n) is 12.6. The molecule has 0 aliphatic heterocycles. The third-order valence-corrected chi connectivity index (χ3v) is 5.98. The molecule has 0 unspecified atom stereocenters. The van der Waals surface area contributed by atoms with Crippen molar-refractivity contribution in [2.75, 3.05) is 20.6 Å². The van der Waals surface area contributed by atoms with Crippen molar-refractivity contribution >= 4 is 5.91 Å². The van der Waals surface area contributed by atoms with Crippen LogP contribution in [0.4, 0.5) is 0 Å². The number of rotatable bonds is 4. The van der Waals surface area contributed by atoms with Crippen molar-refractivity contribution in [3.63, 3.8) is 0 Å². The van der Waals surface area contributed by atoms with Gasteiger partial charge >= 0.3 is 0 Å². The van der Waals surface area contributed by atoms with Gasteiger partial charge in [0.05, 0.1) is 27.1 Å². The van der Waals surface area contributed by atoms with E-state index >= 15 is 0 Å². The highest BCUT2D eigenvalue weighted by Gasteiger charge is 2.61. The van der Waals surface area contributed by atoms with E-state index in [2.05, 4.69) is 40.2 Å². The van der Waals surface area contributed by atoms with Crippen LogP contribution in [0.5, 0.6) is 0 Å². The van der Waals surface area contributed by atoms with Crippen LogP contribution in [0.3, 0.4) is 0 Å². The van der Waals surface area contributed by atoms with Crippen LogP contribution in [0.15, 0.2) is 0 Å². The Bertz CT molecular complexity index is 337. The van der Waals surface area contributed by atoms with Gasteiger partial charge in [-0.2, -0.15) is 0 Å². The first-order valence-electron chi connectivity index (χ1n) is 7.36. The Balaban J connectivity index is 1.94. The average Bonchev–Trinajstić information content (AvgIpc) is 2.59. The lowest BCUT2D eigenvalue weighted by molar-refractivity contribution is -0.857. The molecule has 0 spiro atoms. The molecule has 1 amide bonds. The largest absolute Gasteiger partial charge is 0.353 e. The number of carbonyl (C=O) groups is 1. The molecule has 0 aromatic heterocycles. The Morgan fingerprint density at radius 2 is 2.00 bits per heavy atom. The molecule has 0 saturated heterocycles. The van der Waals surface area contributed by atoms with Crippen LogP contribution < -0.4 is 10.2 Å². The summed E-state index contributed by atoms with van der Waals surface area (Å²) in [6.07, 6.45) is 4.45. The summed E-state index contributed by atoms with van der Waals surface area (Å²) in [5.74, 6) is 1.04. The molecule has 2 fully saturated rings. The summed E-state index contributed by atoms with van der Waals surface area (Å²) in [4.78, 5) is 13.3.